The van der Waals surface area contributed by atoms with E-state index in [1.807, 2.05) is 18.2 Å². The number of halogens is 2. The molecule has 27 heavy (non-hydrogen) atoms. The molecule has 7 nitrogen and oxygen atoms in total. The highest BCUT2D eigenvalue weighted by atomic mass is 79.9. The standard InChI is InChI=1S/C18H17BrClN5O2/c1-11(17(26)22-16-8-7-12(20)9-21-16)25-10-15(23-24-25)18(2,27)13-5-3-4-6-14(13)19/h3-11,27H,1-2H3,(H,21,22,26). The van der Waals surface area contributed by atoms with Crippen LogP contribution in [0.25, 0.3) is 0 Å². The van der Waals surface area contributed by atoms with Crippen LogP contribution in [0.5, 0.6) is 0 Å². The fraction of sp³-hybridized carbons (Fsp3) is 0.222. The van der Waals surface area contributed by atoms with Crippen LogP contribution in [0.4, 0.5) is 5.82 Å². The molecule has 3 rings (SSSR count). The number of carbonyl (C=O) groups excluding carboxylic acids is 1. The quantitative estimate of drug-likeness (QED) is 0.620. The Balaban J connectivity index is 1.79. The fourth-order valence-corrected chi connectivity index (χ4v) is 3.27. The highest BCUT2D eigenvalue weighted by Crippen LogP contribution is 2.33. The first-order chi connectivity index (χ1) is 12.8. The van der Waals surface area contributed by atoms with Gasteiger partial charge in [0.2, 0.25) is 5.91 Å². The molecule has 1 aromatic carbocycles. The average Bonchev–Trinajstić information content (AvgIpc) is 3.14. The Labute approximate surface area is 169 Å². The number of hydrogen-bond acceptors (Lipinski definition) is 5. The van der Waals surface area contributed by atoms with Crippen LogP contribution in [0, 0.1) is 0 Å². The van der Waals surface area contributed by atoms with Gasteiger partial charge in [-0.3, -0.25) is 4.79 Å². The molecule has 0 aliphatic carbocycles. The van der Waals surface area contributed by atoms with Gasteiger partial charge in [-0.1, -0.05) is 50.9 Å². The molecule has 2 N–H and O–H groups in total. The van der Waals surface area contributed by atoms with Gasteiger partial charge in [-0.2, -0.15) is 0 Å². The first-order valence-electron chi connectivity index (χ1n) is 8.11. The number of aromatic nitrogens is 4. The van der Waals surface area contributed by atoms with E-state index in [2.05, 4.69) is 36.5 Å². The Morgan fingerprint density at radius 1 is 1.33 bits per heavy atom. The van der Waals surface area contributed by atoms with Crippen LogP contribution in [0.2, 0.25) is 5.02 Å². The third-order valence-corrected chi connectivity index (χ3v) is 5.08. The van der Waals surface area contributed by atoms with E-state index in [9.17, 15) is 9.90 Å². The van der Waals surface area contributed by atoms with Crippen LogP contribution in [-0.4, -0.2) is 31.0 Å². The number of hydrogen-bond donors (Lipinski definition) is 2. The normalized spacial score (nSPS) is 14.4. The summed E-state index contributed by atoms with van der Waals surface area (Å²) in [5, 5.41) is 22.2. The lowest BCUT2D eigenvalue weighted by molar-refractivity contribution is -0.119. The monoisotopic (exact) mass is 449 g/mol. The Bertz CT molecular complexity index is 958. The zero-order valence-corrected chi connectivity index (χ0v) is 16.9. The predicted octanol–water partition coefficient (Wildman–Crippen LogP) is 3.54. The minimum atomic E-state index is -1.37. The molecule has 140 valence electrons. The second-order valence-electron chi connectivity index (χ2n) is 6.16. The second kappa shape index (κ2) is 7.75. The molecule has 0 saturated heterocycles. The van der Waals surface area contributed by atoms with Gasteiger partial charge in [-0.25, -0.2) is 9.67 Å². The summed E-state index contributed by atoms with van der Waals surface area (Å²) in [7, 11) is 0. The Morgan fingerprint density at radius 2 is 2.07 bits per heavy atom. The topological polar surface area (TPSA) is 92.9 Å². The largest absolute Gasteiger partial charge is 0.379 e. The Hall–Kier alpha value is -2.29. The van der Waals surface area contributed by atoms with Crippen molar-refractivity contribution in [1.82, 2.24) is 20.0 Å². The minimum absolute atomic E-state index is 0.318. The van der Waals surface area contributed by atoms with Crippen molar-refractivity contribution < 1.29 is 9.90 Å². The number of pyridine rings is 1. The lowest BCUT2D eigenvalue weighted by Gasteiger charge is -2.22. The average molecular weight is 451 g/mol. The lowest BCUT2D eigenvalue weighted by Crippen LogP contribution is -2.25. The molecular formula is C18H17BrClN5O2. The van der Waals surface area contributed by atoms with Gasteiger partial charge in [0, 0.05) is 16.2 Å². The van der Waals surface area contributed by atoms with Crippen molar-refractivity contribution in [1.29, 1.82) is 0 Å². The molecule has 0 spiro atoms. The maximum atomic E-state index is 12.4. The van der Waals surface area contributed by atoms with Crippen LogP contribution >= 0.6 is 27.5 Å². The summed E-state index contributed by atoms with van der Waals surface area (Å²) in [6, 6.07) is 9.91. The van der Waals surface area contributed by atoms with Gasteiger partial charge in [0.1, 0.15) is 23.2 Å². The van der Waals surface area contributed by atoms with Gasteiger partial charge in [0.15, 0.2) is 0 Å². The number of aliphatic hydroxyl groups is 1. The number of rotatable bonds is 5. The second-order valence-corrected chi connectivity index (χ2v) is 7.45. The zero-order valence-electron chi connectivity index (χ0n) is 14.6. The minimum Gasteiger partial charge on any atom is -0.379 e. The number of anilines is 1. The number of carbonyl (C=O) groups is 1. The molecule has 0 radical (unpaired) electrons. The van der Waals surface area contributed by atoms with E-state index in [-0.39, 0.29) is 5.91 Å². The maximum Gasteiger partial charge on any atom is 0.250 e. The molecule has 0 fully saturated rings. The smallest absolute Gasteiger partial charge is 0.250 e. The summed E-state index contributed by atoms with van der Waals surface area (Å²) in [6.45, 7) is 3.31. The first kappa shape index (κ1) is 19.5. The van der Waals surface area contributed by atoms with E-state index in [1.165, 1.54) is 10.9 Å². The Morgan fingerprint density at radius 3 is 2.74 bits per heavy atom. The van der Waals surface area contributed by atoms with E-state index >= 15 is 0 Å². The predicted molar refractivity (Wildman–Crippen MR) is 105 cm³/mol. The third-order valence-electron chi connectivity index (χ3n) is 4.16. The molecule has 9 heteroatoms. The van der Waals surface area contributed by atoms with Gasteiger partial charge in [0.25, 0.3) is 0 Å². The van der Waals surface area contributed by atoms with Crippen molar-refractivity contribution in [3.05, 3.63) is 69.5 Å². The highest BCUT2D eigenvalue weighted by molar-refractivity contribution is 9.10. The lowest BCUT2D eigenvalue weighted by atomic mass is 9.93. The van der Waals surface area contributed by atoms with Crippen LogP contribution in [0.1, 0.15) is 31.1 Å². The molecule has 1 amide bonds. The van der Waals surface area contributed by atoms with E-state index < -0.39 is 11.6 Å². The van der Waals surface area contributed by atoms with Crippen molar-refractivity contribution in [3.63, 3.8) is 0 Å². The van der Waals surface area contributed by atoms with Gasteiger partial charge in [-0.15, -0.1) is 5.10 Å². The Kier molecular flexibility index (Phi) is 5.59. The van der Waals surface area contributed by atoms with Crippen LogP contribution in [0.3, 0.4) is 0 Å². The summed E-state index contributed by atoms with van der Waals surface area (Å²) in [5.74, 6) is 0.0682. The molecule has 0 aliphatic rings. The molecule has 0 aliphatic heterocycles. The van der Waals surface area contributed by atoms with E-state index in [1.54, 1.807) is 38.2 Å². The third kappa shape index (κ3) is 4.18. The molecule has 2 atom stereocenters. The van der Waals surface area contributed by atoms with Crippen molar-refractivity contribution in [2.45, 2.75) is 25.5 Å². The van der Waals surface area contributed by atoms with Crippen LogP contribution in [0.15, 0.2) is 53.3 Å². The van der Waals surface area contributed by atoms with Gasteiger partial charge < -0.3 is 10.4 Å². The number of nitrogens with one attached hydrogen (secondary N) is 1. The summed E-state index contributed by atoms with van der Waals surface area (Å²) in [5.41, 5.74) is -0.384. The van der Waals surface area contributed by atoms with Crippen molar-refractivity contribution in [3.8, 4) is 0 Å². The zero-order chi connectivity index (χ0) is 19.6. The maximum absolute atomic E-state index is 12.4. The molecule has 2 aromatic heterocycles. The van der Waals surface area contributed by atoms with E-state index in [0.29, 0.717) is 22.1 Å². The number of nitrogens with zero attached hydrogens (tertiary/aromatic N) is 4. The molecule has 3 aromatic rings. The van der Waals surface area contributed by atoms with Gasteiger partial charge >= 0.3 is 0 Å². The van der Waals surface area contributed by atoms with Crippen molar-refractivity contribution >= 4 is 39.3 Å². The molecule has 2 heterocycles. The highest BCUT2D eigenvalue weighted by Gasteiger charge is 2.32. The fourth-order valence-electron chi connectivity index (χ4n) is 2.48. The van der Waals surface area contributed by atoms with Crippen molar-refractivity contribution in [2.24, 2.45) is 0 Å². The molecule has 0 bridgehead atoms. The number of benzene rings is 1. The van der Waals surface area contributed by atoms with Crippen LogP contribution < -0.4 is 5.32 Å². The van der Waals surface area contributed by atoms with Gasteiger partial charge in [-0.05, 0) is 32.0 Å². The SMILES string of the molecule is CC(C(=O)Nc1ccc(Cl)cn1)n1cc(C(C)(O)c2ccccc2Br)nn1. The summed E-state index contributed by atoms with van der Waals surface area (Å²) < 4.78 is 2.15. The molecule has 0 saturated carbocycles. The number of amides is 1. The molecular weight excluding hydrogens is 434 g/mol. The van der Waals surface area contributed by atoms with Crippen molar-refractivity contribution in [2.75, 3.05) is 5.32 Å². The summed E-state index contributed by atoms with van der Waals surface area (Å²) in [6.07, 6.45) is 3.00. The van der Waals surface area contributed by atoms with Crippen LogP contribution in [-0.2, 0) is 10.4 Å². The summed E-state index contributed by atoms with van der Waals surface area (Å²) >= 11 is 9.22. The van der Waals surface area contributed by atoms with E-state index in [4.69, 9.17) is 11.6 Å². The summed E-state index contributed by atoms with van der Waals surface area (Å²) in [4.78, 5) is 16.5. The molecule has 2 unspecified atom stereocenters. The first-order valence-corrected chi connectivity index (χ1v) is 9.28. The van der Waals surface area contributed by atoms with E-state index in [0.717, 1.165) is 4.47 Å². The van der Waals surface area contributed by atoms with Gasteiger partial charge in [0.05, 0.1) is 11.2 Å².